The first-order valence-electron chi connectivity index (χ1n) is 5.08. The lowest BCUT2D eigenvalue weighted by atomic mass is 10.1. The highest BCUT2D eigenvalue weighted by Gasteiger charge is 1.92. The maximum atomic E-state index is 5.33. The van der Waals surface area contributed by atoms with E-state index in [1.807, 2.05) is 6.61 Å². The van der Waals surface area contributed by atoms with Crippen molar-refractivity contribution >= 4 is 0 Å². The monoisotopic (exact) mass is 167 g/mol. The van der Waals surface area contributed by atoms with Gasteiger partial charge in [0.05, 0.1) is 6.61 Å². The zero-order valence-corrected chi connectivity index (χ0v) is 7.80. The van der Waals surface area contributed by atoms with E-state index < -0.39 is 0 Å². The molecular weight excluding hydrogens is 148 g/mol. The van der Waals surface area contributed by atoms with Crippen LogP contribution in [-0.2, 0) is 4.74 Å². The van der Waals surface area contributed by atoms with E-state index in [0.29, 0.717) is 0 Å². The number of hydrogen-bond acceptors (Lipinski definition) is 1. The van der Waals surface area contributed by atoms with E-state index in [-0.39, 0.29) is 0 Å². The van der Waals surface area contributed by atoms with Gasteiger partial charge < -0.3 is 4.74 Å². The molecule has 69 valence electrons. The van der Waals surface area contributed by atoms with Crippen molar-refractivity contribution in [1.82, 2.24) is 0 Å². The predicted molar refractivity (Wildman–Crippen MR) is 51.7 cm³/mol. The molecule has 0 saturated carbocycles. The quantitative estimate of drug-likeness (QED) is 0.502. The minimum absolute atomic E-state index is 0.911. The van der Waals surface area contributed by atoms with Crippen molar-refractivity contribution in [2.45, 2.75) is 44.9 Å². The van der Waals surface area contributed by atoms with Gasteiger partial charge in [-0.05, 0) is 25.7 Å². The third-order valence-electron chi connectivity index (χ3n) is 2.15. The van der Waals surface area contributed by atoms with E-state index >= 15 is 0 Å². The summed E-state index contributed by atoms with van der Waals surface area (Å²) in [4.78, 5) is 0. The van der Waals surface area contributed by atoms with E-state index in [4.69, 9.17) is 4.74 Å². The first-order valence-corrected chi connectivity index (χ1v) is 5.08. The van der Waals surface area contributed by atoms with Crippen molar-refractivity contribution in [3.63, 3.8) is 0 Å². The number of ether oxygens (including phenoxy) is 1. The van der Waals surface area contributed by atoms with Crippen LogP contribution in [0.1, 0.15) is 44.9 Å². The van der Waals surface area contributed by atoms with E-state index in [0.717, 1.165) is 13.0 Å². The van der Waals surface area contributed by atoms with Crippen molar-refractivity contribution in [1.29, 1.82) is 0 Å². The number of rotatable bonds is 0. The van der Waals surface area contributed by atoms with Gasteiger partial charge in [0.25, 0.3) is 0 Å². The number of allylic oxidation sites excluding steroid dienone is 1. The van der Waals surface area contributed by atoms with E-state index in [1.165, 1.54) is 38.5 Å². The zero-order chi connectivity index (χ0) is 8.49. The summed E-state index contributed by atoms with van der Waals surface area (Å²) in [7, 11) is 0. The molecule has 1 heteroatoms. The van der Waals surface area contributed by atoms with E-state index in [9.17, 15) is 0 Å². The standard InChI is InChI=1S/C11H19O/c1-2-4-6-8-10-12-11-9-7-5-3-1/h4,6,10H,1-3,5,7-9,11H2. The van der Waals surface area contributed by atoms with Crippen LogP contribution in [-0.4, -0.2) is 6.61 Å². The summed E-state index contributed by atoms with van der Waals surface area (Å²) in [5.41, 5.74) is 0. The molecule has 0 atom stereocenters. The van der Waals surface area contributed by atoms with Gasteiger partial charge >= 0.3 is 0 Å². The van der Waals surface area contributed by atoms with Crippen molar-refractivity contribution < 1.29 is 4.74 Å². The van der Waals surface area contributed by atoms with Crippen LogP contribution in [0.25, 0.3) is 0 Å². The minimum atomic E-state index is 0.911. The maximum absolute atomic E-state index is 5.33. The van der Waals surface area contributed by atoms with Crippen LogP contribution in [0.3, 0.4) is 0 Å². The van der Waals surface area contributed by atoms with Gasteiger partial charge in [0.2, 0.25) is 0 Å². The molecule has 1 radical (unpaired) electrons. The third-order valence-corrected chi connectivity index (χ3v) is 2.15. The lowest BCUT2D eigenvalue weighted by Crippen LogP contribution is -1.92. The molecule has 1 aliphatic heterocycles. The molecule has 0 unspecified atom stereocenters. The molecule has 0 fully saturated rings. The molecular formula is C11H19O. The molecule has 1 rings (SSSR count). The molecule has 0 amide bonds. The average molecular weight is 167 g/mol. The molecule has 0 aromatic rings. The van der Waals surface area contributed by atoms with Crippen molar-refractivity contribution in [3.05, 3.63) is 18.8 Å². The van der Waals surface area contributed by atoms with Crippen LogP contribution in [0, 0.1) is 6.61 Å². The summed E-state index contributed by atoms with van der Waals surface area (Å²) in [6.45, 7) is 2.83. The highest BCUT2D eigenvalue weighted by molar-refractivity contribution is 4.84. The molecule has 0 aliphatic carbocycles. The van der Waals surface area contributed by atoms with Gasteiger partial charge in [-0.1, -0.05) is 31.4 Å². The smallest absolute Gasteiger partial charge is 0.0873 e. The van der Waals surface area contributed by atoms with E-state index in [1.54, 1.807) is 0 Å². The van der Waals surface area contributed by atoms with Crippen LogP contribution in [0.15, 0.2) is 12.2 Å². The van der Waals surface area contributed by atoms with Crippen LogP contribution >= 0.6 is 0 Å². The molecule has 0 spiro atoms. The highest BCUT2D eigenvalue weighted by Crippen LogP contribution is 2.08. The van der Waals surface area contributed by atoms with Gasteiger partial charge in [0.15, 0.2) is 0 Å². The molecule has 12 heavy (non-hydrogen) atoms. The Labute approximate surface area is 75.8 Å². The second kappa shape index (κ2) is 7.35. The Morgan fingerprint density at radius 2 is 1.67 bits per heavy atom. The molecule has 0 aromatic carbocycles. The lowest BCUT2D eigenvalue weighted by molar-refractivity contribution is 0.190. The van der Waals surface area contributed by atoms with E-state index in [2.05, 4.69) is 12.2 Å². The molecule has 1 aliphatic rings. The molecule has 0 bridgehead atoms. The van der Waals surface area contributed by atoms with Crippen LogP contribution in [0.2, 0.25) is 0 Å². The largest absolute Gasteiger partial charge is 0.375 e. The number of hydrogen-bond donors (Lipinski definition) is 0. The lowest BCUT2D eigenvalue weighted by Gasteiger charge is -2.03. The topological polar surface area (TPSA) is 9.23 Å². The summed E-state index contributed by atoms with van der Waals surface area (Å²) >= 11 is 0. The third kappa shape index (κ3) is 5.36. The highest BCUT2D eigenvalue weighted by atomic mass is 16.5. The second-order valence-electron chi connectivity index (χ2n) is 3.30. The fraction of sp³-hybridized carbons (Fsp3) is 0.727. The first-order chi connectivity index (χ1) is 6.00. The van der Waals surface area contributed by atoms with Gasteiger partial charge in [0, 0.05) is 6.61 Å². The Kier molecular flexibility index (Phi) is 6.00. The summed E-state index contributed by atoms with van der Waals surface area (Å²) < 4.78 is 5.33. The van der Waals surface area contributed by atoms with Crippen molar-refractivity contribution in [2.24, 2.45) is 0 Å². The second-order valence-corrected chi connectivity index (χ2v) is 3.30. The van der Waals surface area contributed by atoms with Crippen molar-refractivity contribution in [2.75, 3.05) is 6.61 Å². The van der Waals surface area contributed by atoms with Gasteiger partial charge in [-0.25, -0.2) is 0 Å². The Morgan fingerprint density at radius 3 is 2.67 bits per heavy atom. The van der Waals surface area contributed by atoms with Crippen LogP contribution < -0.4 is 0 Å². The summed E-state index contributed by atoms with van der Waals surface area (Å²) in [5, 5.41) is 0. The molecule has 0 N–H and O–H groups in total. The molecule has 0 aromatic heterocycles. The molecule has 1 heterocycles. The van der Waals surface area contributed by atoms with Gasteiger partial charge in [-0.2, -0.15) is 0 Å². The fourth-order valence-electron chi connectivity index (χ4n) is 1.40. The Balaban J connectivity index is 2.10. The molecule has 1 nitrogen and oxygen atoms in total. The first kappa shape index (κ1) is 9.79. The SMILES string of the molecule is [CH]1CC=CCCCCCCCO1. The maximum Gasteiger partial charge on any atom is 0.0873 e. The van der Waals surface area contributed by atoms with Gasteiger partial charge in [-0.3, -0.25) is 0 Å². The van der Waals surface area contributed by atoms with Crippen molar-refractivity contribution in [3.8, 4) is 0 Å². The van der Waals surface area contributed by atoms with Crippen LogP contribution in [0.5, 0.6) is 0 Å². The van der Waals surface area contributed by atoms with Gasteiger partial charge in [-0.15, -0.1) is 0 Å². The molecule has 0 saturated heterocycles. The zero-order valence-electron chi connectivity index (χ0n) is 7.80. The Hall–Kier alpha value is -0.300. The summed E-state index contributed by atoms with van der Waals surface area (Å²) in [6.07, 6.45) is 13.3. The van der Waals surface area contributed by atoms with Gasteiger partial charge in [0.1, 0.15) is 0 Å². The summed E-state index contributed by atoms with van der Waals surface area (Å²) in [5.74, 6) is 0. The Morgan fingerprint density at radius 1 is 0.833 bits per heavy atom. The normalized spacial score (nSPS) is 22.7. The predicted octanol–water partition coefficient (Wildman–Crippen LogP) is 3.47. The van der Waals surface area contributed by atoms with Crippen LogP contribution in [0.4, 0.5) is 0 Å². The average Bonchev–Trinajstić information content (AvgIpc) is 2.05. The summed E-state index contributed by atoms with van der Waals surface area (Å²) in [6, 6.07) is 0. The fourth-order valence-corrected chi connectivity index (χ4v) is 1.40. The minimum Gasteiger partial charge on any atom is -0.375 e. The Bertz CT molecular complexity index is 104.